The van der Waals surface area contributed by atoms with Gasteiger partial charge in [-0.1, -0.05) is 48.0 Å². The number of carbonyl (C=O) groups excluding carboxylic acids is 3. The van der Waals surface area contributed by atoms with Crippen molar-refractivity contribution in [2.75, 3.05) is 5.75 Å². The number of rotatable bonds is 12. The Morgan fingerprint density at radius 3 is 1.76 bits per heavy atom. The van der Waals surface area contributed by atoms with Crippen molar-refractivity contribution in [1.82, 2.24) is 16.0 Å². The van der Waals surface area contributed by atoms with Crippen LogP contribution in [0.5, 0.6) is 0 Å². The molecule has 6 N–H and O–H groups in total. The van der Waals surface area contributed by atoms with E-state index in [-0.39, 0.29) is 23.5 Å². The number of hydrogen-bond donors (Lipinski definition) is 6. The first kappa shape index (κ1) is 27.2. The lowest BCUT2D eigenvalue weighted by atomic mass is 9.97. The highest BCUT2D eigenvalue weighted by molar-refractivity contribution is 7.80. The van der Waals surface area contributed by atoms with Crippen LogP contribution in [0.4, 0.5) is 0 Å². The lowest BCUT2D eigenvalue weighted by Gasteiger charge is -2.28. The van der Waals surface area contributed by atoms with Gasteiger partial charge in [0.15, 0.2) is 0 Å². The predicted molar refractivity (Wildman–Crippen MR) is 114 cm³/mol. The number of nitrogens with one attached hydrogen (secondary N) is 3. The maximum Gasteiger partial charge on any atom is 0.326 e. The van der Waals surface area contributed by atoms with Crippen LogP contribution in [0.25, 0.3) is 0 Å². The number of hydrogen-bond acceptors (Lipinski definition) is 6. The fourth-order valence-electron chi connectivity index (χ4n) is 2.48. The Balaban J connectivity index is 5.25. The summed E-state index contributed by atoms with van der Waals surface area (Å²) in [6, 6.07) is -3.78. The molecule has 5 atom stereocenters. The van der Waals surface area contributed by atoms with Crippen molar-refractivity contribution in [2.24, 2.45) is 23.5 Å². The van der Waals surface area contributed by atoms with E-state index >= 15 is 0 Å². The molecule has 29 heavy (non-hydrogen) atoms. The van der Waals surface area contributed by atoms with Crippen molar-refractivity contribution >= 4 is 36.3 Å². The molecule has 0 aliphatic rings. The molecule has 0 aliphatic heterocycles. The van der Waals surface area contributed by atoms with Crippen LogP contribution in [0, 0.1) is 17.8 Å². The Morgan fingerprint density at radius 2 is 1.38 bits per heavy atom. The van der Waals surface area contributed by atoms with Crippen LogP contribution in [-0.4, -0.2) is 58.7 Å². The van der Waals surface area contributed by atoms with Crippen molar-refractivity contribution in [3.63, 3.8) is 0 Å². The van der Waals surface area contributed by atoms with Crippen LogP contribution in [0.2, 0.25) is 0 Å². The number of nitrogens with two attached hydrogens (primary N) is 1. The summed E-state index contributed by atoms with van der Waals surface area (Å²) in [6.45, 7) is 10.6. The summed E-state index contributed by atoms with van der Waals surface area (Å²) in [5.74, 6) is -3.48. The van der Waals surface area contributed by atoms with Gasteiger partial charge in [0.05, 0.1) is 6.04 Å². The molecule has 0 aromatic heterocycles. The molecule has 0 rings (SSSR count). The minimum Gasteiger partial charge on any atom is -0.480 e. The lowest BCUT2D eigenvalue weighted by molar-refractivity contribution is -0.144. The van der Waals surface area contributed by atoms with Gasteiger partial charge in [0, 0.05) is 5.75 Å². The van der Waals surface area contributed by atoms with Gasteiger partial charge in [0.25, 0.3) is 0 Å². The van der Waals surface area contributed by atoms with Gasteiger partial charge in [-0.2, -0.15) is 12.6 Å². The number of amides is 3. The van der Waals surface area contributed by atoms with E-state index in [9.17, 15) is 24.3 Å². The SMILES string of the molecule is CCC(C)C(NC(=O)C(NC(=O)C(CS)NC(=O)C(N)C(C)C)C(C)C)C(=O)O. The second-order valence-electron chi connectivity index (χ2n) is 7.95. The van der Waals surface area contributed by atoms with Crippen LogP contribution in [0.15, 0.2) is 0 Å². The summed E-state index contributed by atoms with van der Waals surface area (Å²) in [5.41, 5.74) is 5.80. The van der Waals surface area contributed by atoms with Crippen LogP contribution < -0.4 is 21.7 Å². The summed E-state index contributed by atoms with van der Waals surface area (Å²) >= 11 is 4.10. The predicted octanol–water partition coefficient (Wildman–Crippen LogP) is 0.141. The van der Waals surface area contributed by atoms with Crippen molar-refractivity contribution in [2.45, 2.75) is 72.1 Å². The first-order chi connectivity index (χ1) is 13.4. The Bertz CT molecular complexity index is 585. The third-order valence-corrected chi connectivity index (χ3v) is 5.23. The summed E-state index contributed by atoms with van der Waals surface area (Å²) < 4.78 is 0. The molecule has 10 heteroatoms. The van der Waals surface area contributed by atoms with Crippen LogP contribution >= 0.6 is 12.6 Å². The van der Waals surface area contributed by atoms with Crippen LogP contribution in [-0.2, 0) is 19.2 Å². The van der Waals surface area contributed by atoms with Crippen molar-refractivity contribution in [3.8, 4) is 0 Å². The molecule has 0 spiro atoms. The fraction of sp³-hybridized carbons (Fsp3) is 0.789. The van der Waals surface area contributed by atoms with E-state index in [1.807, 2.05) is 6.92 Å². The molecule has 0 bridgehead atoms. The Labute approximate surface area is 178 Å². The van der Waals surface area contributed by atoms with E-state index in [0.717, 1.165) is 0 Å². The molecule has 5 unspecified atom stereocenters. The first-order valence-electron chi connectivity index (χ1n) is 9.87. The number of aliphatic carboxylic acids is 1. The van der Waals surface area contributed by atoms with Crippen LogP contribution in [0.3, 0.4) is 0 Å². The third-order valence-electron chi connectivity index (χ3n) is 4.86. The zero-order valence-corrected chi connectivity index (χ0v) is 19.0. The standard InChI is InChI=1S/C19H36N4O5S/c1-7-11(6)15(19(27)28)23-18(26)14(10(4)5)22-16(24)12(8-29)21-17(25)13(20)9(2)3/h9-15,29H,7-8,20H2,1-6H3,(H,21,25)(H,22,24)(H,23,26)(H,27,28). The van der Waals surface area contributed by atoms with Gasteiger partial charge in [-0.15, -0.1) is 0 Å². The molecule has 0 aromatic carbocycles. The Kier molecular flexibility index (Phi) is 11.9. The maximum atomic E-state index is 12.7. The number of thiol groups is 1. The Morgan fingerprint density at radius 1 is 0.862 bits per heavy atom. The van der Waals surface area contributed by atoms with Gasteiger partial charge in [-0.3, -0.25) is 14.4 Å². The largest absolute Gasteiger partial charge is 0.480 e. The van der Waals surface area contributed by atoms with Gasteiger partial charge in [-0.05, 0) is 17.8 Å². The monoisotopic (exact) mass is 432 g/mol. The molecule has 9 nitrogen and oxygen atoms in total. The molecule has 3 amide bonds. The third kappa shape index (κ3) is 8.61. The molecular weight excluding hydrogens is 396 g/mol. The van der Waals surface area contributed by atoms with E-state index in [4.69, 9.17) is 5.73 Å². The lowest BCUT2D eigenvalue weighted by Crippen LogP contribution is -2.59. The van der Waals surface area contributed by atoms with Crippen molar-refractivity contribution in [3.05, 3.63) is 0 Å². The molecule has 0 aliphatic carbocycles. The molecule has 168 valence electrons. The number of carbonyl (C=O) groups is 4. The minimum absolute atomic E-state index is 0.0133. The van der Waals surface area contributed by atoms with Gasteiger partial charge in [0.2, 0.25) is 17.7 Å². The quantitative estimate of drug-likeness (QED) is 0.241. The normalized spacial score (nSPS) is 16.5. The molecule has 0 fully saturated rings. The highest BCUT2D eigenvalue weighted by atomic mass is 32.1. The number of carboxylic acids is 1. The first-order valence-corrected chi connectivity index (χ1v) is 10.5. The molecular formula is C19H36N4O5S. The fourth-order valence-corrected chi connectivity index (χ4v) is 2.74. The highest BCUT2D eigenvalue weighted by Gasteiger charge is 2.33. The second kappa shape index (κ2) is 12.7. The highest BCUT2D eigenvalue weighted by Crippen LogP contribution is 2.10. The maximum absolute atomic E-state index is 12.7. The minimum atomic E-state index is -1.13. The van der Waals surface area contributed by atoms with Gasteiger partial charge in [-0.25, -0.2) is 4.79 Å². The smallest absolute Gasteiger partial charge is 0.326 e. The van der Waals surface area contributed by atoms with E-state index < -0.39 is 47.9 Å². The summed E-state index contributed by atoms with van der Waals surface area (Å²) in [7, 11) is 0. The summed E-state index contributed by atoms with van der Waals surface area (Å²) in [5, 5.41) is 17.0. The molecule has 0 aromatic rings. The zero-order chi connectivity index (χ0) is 22.9. The summed E-state index contributed by atoms with van der Waals surface area (Å²) in [6.07, 6.45) is 0.569. The molecule has 0 heterocycles. The van der Waals surface area contributed by atoms with Crippen molar-refractivity contribution in [1.29, 1.82) is 0 Å². The van der Waals surface area contributed by atoms with Gasteiger partial charge in [0.1, 0.15) is 18.1 Å². The van der Waals surface area contributed by atoms with Crippen molar-refractivity contribution < 1.29 is 24.3 Å². The zero-order valence-electron chi connectivity index (χ0n) is 18.1. The van der Waals surface area contributed by atoms with Gasteiger partial charge >= 0.3 is 5.97 Å². The van der Waals surface area contributed by atoms with E-state index in [2.05, 4.69) is 28.6 Å². The van der Waals surface area contributed by atoms with Gasteiger partial charge < -0.3 is 26.8 Å². The average molecular weight is 433 g/mol. The topological polar surface area (TPSA) is 151 Å². The van der Waals surface area contributed by atoms with E-state index in [0.29, 0.717) is 6.42 Å². The molecule has 0 saturated carbocycles. The molecule has 0 radical (unpaired) electrons. The van der Waals surface area contributed by atoms with Crippen LogP contribution in [0.1, 0.15) is 48.0 Å². The van der Waals surface area contributed by atoms with E-state index in [1.54, 1.807) is 34.6 Å². The summed E-state index contributed by atoms with van der Waals surface area (Å²) in [4.78, 5) is 48.9. The number of carboxylic acid groups (broad SMARTS) is 1. The average Bonchev–Trinajstić information content (AvgIpc) is 2.65. The second-order valence-corrected chi connectivity index (χ2v) is 8.32. The molecule has 0 saturated heterocycles. The Hall–Kier alpha value is -1.81. The van der Waals surface area contributed by atoms with E-state index in [1.165, 1.54) is 0 Å².